The summed E-state index contributed by atoms with van der Waals surface area (Å²) < 4.78 is 20.2. The normalized spacial score (nSPS) is 12.2. The summed E-state index contributed by atoms with van der Waals surface area (Å²) in [6, 6.07) is 12.2. The van der Waals surface area contributed by atoms with Crippen molar-refractivity contribution in [1.29, 1.82) is 5.26 Å². The van der Waals surface area contributed by atoms with E-state index in [1.165, 1.54) is 0 Å². The fourth-order valence-corrected chi connectivity index (χ4v) is 3.54. The van der Waals surface area contributed by atoms with Crippen molar-refractivity contribution in [2.45, 2.75) is 52.7 Å². The van der Waals surface area contributed by atoms with E-state index < -0.39 is 17.5 Å². The van der Waals surface area contributed by atoms with Crippen molar-refractivity contribution < 1.29 is 13.9 Å². The molecule has 35 heavy (non-hydrogen) atoms. The number of nitriles is 1. The van der Waals surface area contributed by atoms with Gasteiger partial charge in [0, 0.05) is 29.9 Å². The number of benzene rings is 1. The zero-order valence-corrected chi connectivity index (χ0v) is 20.6. The molecule has 0 saturated carbocycles. The van der Waals surface area contributed by atoms with Gasteiger partial charge in [0.25, 0.3) is 0 Å². The molecule has 0 aliphatic heterocycles. The molecule has 0 unspecified atom stereocenters. The zero-order valence-electron chi connectivity index (χ0n) is 20.6. The molecule has 0 saturated heterocycles. The number of carbonyl (C=O) groups is 1. The Morgan fingerprint density at radius 3 is 2.66 bits per heavy atom. The van der Waals surface area contributed by atoms with Crippen LogP contribution in [0.25, 0.3) is 10.9 Å². The average molecular weight is 479 g/mol. The number of nitrogens with zero attached hydrogens (tertiary/aromatic N) is 3. The molecule has 1 atom stereocenters. The van der Waals surface area contributed by atoms with Gasteiger partial charge in [0.05, 0.1) is 11.1 Å². The van der Waals surface area contributed by atoms with Crippen LogP contribution in [-0.2, 0) is 4.74 Å². The van der Waals surface area contributed by atoms with E-state index in [0.29, 0.717) is 12.1 Å². The standard InChI is InChI=1S/C26H31FN6O2/c1-16(2)11-20(15-30-25(34)35-26(3,4)5)32-24-21(27)13-18(14-28)23(33-24)31-19-8-9-22-17(12-19)7-6-10-29-22/h6-10,12-13,16,20H,11,15H2,1-5H3,(H,30,34)(H2,31,32,33)/t20-/m1/s1. The maximum atomic E-state index is 14.9. The van der Waals surface area contributed by atoms with Crippen LogP contribution in [0.5, 0.6) is 0 Å². The largest absolute Gasteiger partial charge is 0.444 e. The maximum absolute atomic E-state index is 14.9. The molecule has 3 aromatic rings. The predicted octanol–water partition coefficient (Wildman–Crippen LogP) is 5.74. The molecule has 2 heterocycles. The van der Waals surface area contributed by atoms with E-state index in [1.807, 2.05) is 50.2 Å². The molecule has 0 radical (unpaired) electrons. The van der Waals surface area contributed by atoms with Crippen LogP contribution >= 0.6 is 0 Å². The molecule has 0 fully saturated rings. The number of halogens is 1. The first kappa shape index (κ1) is 25.7. The van der Waals surface area contributed by atoms with Gasteiger partial charge in [-0.3, -0.25) is 4.98 Å². The minimum Gasteiger partial charge on any atom is -0.444 e. The number of aromatic nitrogens is 2. The summed E-state index contributed by atoms with van der Waals surface area (Å²) in [5, 5.41) is 19.4. The number of rotatable bonds is 8. The lowest BCUT2D eigenvalue weighted by Gasteiger charge is -2.24. The van der Waals surface area contributed by atoms with Crippen molar-refractivity contribution in [3.8, 4) is 6.07 Å². The molecule has 2 aromatic heterocycles. The quantitative estimate of drug-likeness (QED) is 0.379. The van der Waals surface area contributed by atoms with Gasteiger partial charge in [-0.2, -0.15) is 5.26 Å². The first-order chi connectivity index (χ1) is 16.5. The van der Waals surface area contributed by atoms with Gasteiger partial charge in [0.15, 0.2) is 17.5 Å². The Morgan fingerprint density at radius 2 is 1.97 bits per heavy atom. The van der Waals surface area contributed by atoms with Crippen LogP contribution in [0.1, 0.15) is 46.6 Å². The van der Waals surface area contributed by atoms with Crippen LogP contribution in [0.15, 0.2) is 42.6 Å². The number of hydrogen-bond donors (Lipinski definition) is 3. The van der Waals surface area contributed by atoms with Crippen LogP contribution in [0, 0.1) is 23.1 Å². The lowest BCUT2D eigenvalue weighted by molar-refractivity contribution is 0.0524. The van der Waals surface area contributed by atoms with E-state index in [1.54, 1.807) is 27.0 Å². The van der Waals surface area contributed by atoms with Crippen molar-refractivity contribution in [3.63, 3.8) is 0 Å². The molecule has 9 heteroatoms. The molecule has 0 aliphatic carbocycles. The molecule has 1 aromatic carbocycles. The van der Waals surface area contributed by atoms with Crippen molar-refractivity contribution in [2.75, 3.05) is 17.2 Å². The van der Waals surface area contributed by atoms with Crippen LogP contribution in [0.4, 0.5) is 26.5 Å². The number of ether oxygens (including phenoxy) is 1. The molecular weight excluding hydrogens is 447 g/mol. The van der Waals surface area contributed by atoms with Gasteiger partial charge in [0.2, 0.25) is 0 Å². The molecule has 0 spiro atoms. The van der Waals surface area contributed by atoms with Crippen molar-refractivity contribution >= 4 is 34.3 Å². The average Bonchev–Trinajstić information content (AvgIpc) is 2.78. The molecule has 8 nitrogen and oxygen atoms in total. The van der Waals surface area contributed by atoms with Gasteiger partial charge in [-0.05, 0) is 63.4 Å². The van der Waals surface area contributed by atoms with Crippen molar-refractivity contribution in [3.05, 3.63) is 54.0 Å². The molecular formula is C26H31FN6O2. The van der Waals surface area contributed by atoms with Crippen LogP contribution in [-0.4, -0.2) is 34.2 Å². The second-order valence-corrected chi connectivity index (χ2v) is 9.72. The third-order valence-corrected chi connectivity index (χ3v) is 4.95. The smallest absolute Gasteiger partial charge is 0.407 e. The number of hydrogen-bond acceptors (Lipinski definition) is 7. The summed E-state index contributed by atoms with van der Waals surface area (Å²) >= 11 is 0. The lowest BCUT2D eigenvalue weighted by Crippen LogP contribution is -2.40. The Balaban J connectivity index is 1.82. The summed E-state index contributed by atoms with van der Waals surface area (Å²) in [5.74, 6) is -0.160. The summed E-state index contributed by atoms with van der Waals surface area (Å²) in [6.07, 6.45) is 1.82. The highest BCUT2D eigenvalue weighted by Gasteiger charge is 2.20. The summed E-state index contributed by atoms with van der Waals surface area (Å²) in [5.41, 5.74) is 0.983. The zero-order chi connectivity index (χ0) is 25.6. The Bertz CT molecular complexity index is 1230. The van der Waals surface area contributed by atoms with E-state index in [0.717, 1.165) is 17.0 Å². The van der Waals surface area contributed by atoms with Gasteiger partial charge >= 0.3 is 6.09 Å². The van der Waals surface area contributed by atoms with Gasteiger partial charge < -0.3 is 20.7 Å². The highest BCUT2D eigenvalue weighted by atomic mass is 19.1. The predicted molar refractivity (Wildman–Crippen MR) is 135 cm³/mol. The topological polar surface area (TPSA) is 112 Å². The number of alkyl carbamates (subject to hydrolysis) is 1. The highest BCUT2D eigenvalue weighted by molar-refractivity contribution is 5.83. The monoisotopic (exact) mass is 478 g/mol. The second kappa shape index (κ2) is 11.0. The number of nitrogens with one attached hydrogen (secondary N) is 3. The maximum Gasteiger partial charge on any atom is 0.407 e. The molecule has 0 aliphatic rings. The number of carbonyl (C=O) groups excluding carboxylic acids is 1. The van der Waals surface area contributed by atoms with E-state index >= 15 is 0 Å². The summed E-state index contributed by atoms with van der Waals surface area (Å²) in [6.45, 7) is 9.64. The molecule has 3 rings (SSSR count). The van der Waals surface area contributed by atoms with E-state index in [4.69, 9.17) is 4.74 Å². The Hall–Kier alpha value is -3.93. The van der Waals surface area contributed by atoms with E-state index in [2.05, 4.69) is 25.9 Å². The van der Waals surface area contributed by atoms with Crippen molar-refractivity contribution in [1.82, 2.24) is 15.3 Å². The third-order valence-electron chi connectivity index (χ3n) is 4.95. The summed E-state index contributed by atoms with van der Waals surface area (Å²) in [7, 11) is 0. The molecule has 184 valence electrons. The number of anilines is 3. The molecule has 3 N–H and O–H groups in total. The minimum absolute atomic E-state index is 0.00871. The van der Waals surface area contributed by atoms with Gasteiger partial charge in [-0.1, -0.05) is 19.9 Å². The third kappa shape index (κ3) is 7.54. The van der Waals surface area contributed by atoms with Gasteiger partial charge in [-0.15, -0.1) is 0 Å². The van der Waals surface area contributed by atoms with E-state index in [9.17, 15) is 14.4 Å². The van der Waals surface area contributed by atoms with Crippen LogP contribution < -0.4 is 16.0 Å². The van der Waals surface area contributed by atoms with Gasteiger partial charge in [-0.25, -0.2) is 14.2 Å². The Morgan fingerprint density at radius 1 is 1.20 bits per heavy atom. The Kier molecular flexibility index (Phi) is 8.07. The van der Waals surface area contributed by atoms with Crippen LogP contribution in [0.2, 0.25) is 0 Å². The van der Waals surface area contributed by atoms with E-state index in [-0.39, 0.29) is 35.7 Å². The van der Waals surface area contributed by atoms with Crippen LogP contribution in [0.3, 0.4) is 0 Å². The van der Waals surface area contributed by atoms with Crippen molar-refractivity contribution in [2.24, 2.45) is 5.92 Å². The SMILES string of the molecule is CC(C)C[C@H](CNC(=O)OC(C)(C)C)Nc1nc(Nc2ccc3ncccc3c2)c(C#N)cc1F. The molecule has 0 bridgehead atoms. The highest BCUT2D eigenvalue weighted by Crippen LogP contribution is 2.26. The Labute approximate surface area is 204 Å². The lowest BCUT2D eigenvalue weighted by atomic mass is 10.0. The molecule has 1 amide bonds. The minimum atomic E-state index is -0.652. The fourth-order valence-electron chi connectivity index (χ4n) is 3.54. The second-order valence-electron chi connectivity index (χ2n) is 9.72. The number of fused-ring (bicyclic) bond motifs is 1. The number of amides is 1. The van der Waals surface area contributed by atoms with Gasteiger partial charge in [0.1, 0.15) is 11.7 Å². The number of pyridine rings is 2. The fraction of sp³-hybridized carbons (Fsp3) is 0.385. The first-order valence-corrected chi connectivity index (χ1v) is 11.5. The summed E-state index contributed by atoms with van der Waals surface area (Å²) in [4.78, 5) is 20.8. The first-order valence-electron chi connectivity index (χ1n) is 11.5.